The molecule has 0 unspecified atom stereocenters. The van der Waals surface area contributed by atoms with E-state index in [0.29, 0.717) is 11.1 Å². The van der Waals surface area contributed by atoms with Crippen LogP contribution in [0.4, 0.5) is 0 Å². The standard InChI is InChI=1S/C12H10O2/c1-9-7-14-8-11(9)12(13)10-5-3-2-4-6-10/h2-8H,1H3. The van der Waals surface area contributed by atoms with Gasteiger partial charge in [-0.1, -0.05) is 30.3 Å². The Hall–Kier alpha value is -1.83. The van der Waals surface area contributed by atoms with Crippen LogP contribution in [0.5, 0.6) is 0 Å². The molecule has 1 aromatic carbocycles. The van der Waals surface area contributed by atoms with Crippen LogP contribution in [0.25, 0.3) is 0 Å². The fourth-order valence-electron chi connectivity index (χ4n) is 1.34. The van der Waals surface area contributed by atoms with Crippen molar-refractivity contribution in [3.05, 3.63) is 59.5 Å². The first-order valence-electron chi connectivity index (χ1n) is 4.41. The SMILES string of the molecule is Cc1cocc1C(=O)c1ccccc1. The highest BCUT2D eigenvalue weighted by Gasteiger charge is 2.12. The van der Waals surface area contributed by atoms with Gasteiger partial charge in [0, 0.05) is 5.56 Å². The summed E-state index contributed by atoms with van der Waals surface area (Å²) in [6.07, 6.45) is 3.07. The zero-order chi connectivity index (χ0) is 9.97. The summed E-state index contributed by atoms with van der Waals surface area (Å²) < 4.78 is 4.97. The molecule has 70 valence electrons. The Balaban J connectivity index is 2.39. The molecule has 0 saturated carbocycles. The quantitative estimate of drug-likeness (QED) is 0.675. The smallest absolute Gasteiger partial charge is 0.196 e. The molecular weight excluding hydrogens is 176 g/mol. The van der Waals surface area contributed by atoms with Crippen LogP contribution in [-0.2, 0) is 0 Å². The van der Waals surface area contributed by atoms with Crippen molar-refractivity contribution in [2.45, 2.75) is 6.92 Å². The molecule has 2 heteroatoms. The molecule has 2 rings (SSSR count). The number of ketones is 1. The third-order valence-corrected chi connectivity index (χ3v) is 2.14. The van der Waals surface area contributed by atoms with Crippen LogP contribution in [0.15, 0.2) is 47.3 Å². The monoisotopic (exact) mass is 186 g/mol. The number of rotatable bonds is 2. The minimum atomic E-state index is 0.0110. The fraction of sp³-hybridized carbons (Fsp3) is 0.0833. The minimum absolute atomic E-state index is 0.0110. The van der Waals surface area contributed by atoms with Crippen molar-refractivity contribution in [2.24, 2.45) is 0 Å². The molecule has 0 radical (unpaired) electrons. The molecule has 1 heterocycles. The summed E-state index contributed by atoms with van der Waals surface area (Å²) >= 11 is 0. The Kier molecular flexibility index (Phi) is 2.19. The van der Waals surface area contributed by atoms with Crippen molar-refractivity contribution in [3.63, 3.8) is 0 Å². The van der Waals surface area contributed by atoms with Gasteiger partial charge in [0.25, 0.3) is 0 Å². The second kappa shape index (κ2) is 3.50. The van der Waals surface area contributed by atoms with Crippen molar-refractivity contribution < 1.29 is 9.21 Å². The minimum Gasteiger partial charge on any atom is -0.472 e. The van der Waals surface area contributed by atoms with Crippen LogP contribution in [-0.4, -0.2) is 5.78 Å². The number of hydrogen-bond acceptors (Lipinski definition) is 2. The molecule has 0 fully saturated rings. The van der Waals surface area contributed by atoms with Gasteiger partial charge in [0.2, 0.25) is 0 Å². The Morgan fingerprint density at radius 2 is 1.86 bits per heavy atom. The third kappa shape index (κ3) is 1.46. The Morgan fingerprint density at radius 1 is 1.14 bits per heavy atom. The van der Waals surface area contributed by atoms with Crippen molar-refractivity contribution in [1.82, 2.24) is 0 Å². The number of carbonyl (C=O) groups excluding carboxylic acids is 1. The average molecular weight is 186 g/mol. The summed E-state index contributed by atoms with van der Waals surface area (Å²) in [4.78, 5) is 11.9. The average Bonchev–Trinajstić information content (AvgIpc) is 2.65. The maximum Gasteiger partial charge on any atom is 0.196 e. The first-order valence-corrected chi connectivity index (χ1v) is 4.41. The van der Waals surface area contributed by atoms with Crippen LogP contribution in [0.2, 0.25) is 0 Å². The highest BCUT2D eigenvalue weighted by atomic mass is 16.3. The van der Waals surface area contributed by atoms with Gasteiger partial charge in [-0.3, -0.25) is 4.79 Å². The van der Waals surface area contributed by atoms with Gasteiger partial charge < -0.3 is 4.42 Å². The highest BCUT2D eigenvalue weighted by Crippen LogP contribution is 2.14. The van der Waals surface area contributed by atoms with E-state index in [2.05, 4.69) is 0 Å². The lowest BCUT2D eigenvalue weighted by Crippen LogP contribution is -2.00. The molecule has 0 aliphatic rings. The summed E-state index contributed by atoms with van der Waals surface area (Å²) in [7, 11) is 0. The van der Waals surface area contributed by atoms with Crippen LogP contribution >= 0.6 is 0 Å². The Morgan fingerprint density at radius 3 is 2.43 bits per heavy atom. The van der Waals surface area contributed by atoms with Crippen LogP contribution < -0.4 is 0 Å². The van der Waals surface area contributed by atoms with Crippen molar-refractivity contribution in [2.75, 3.05) is 0 Å². The third-order valence-electron chi connectivity index (χ3n) is 2.14. The zero-order valence-electron chi connectivity index (χ0n) is 7.86. The van der Waals surface area contributed by atoms with E-state index >= 15 is 0 Å². The lowest BCUT2D eigenvalue weighted by atomic mass is 10.0. The fourth-order valence-corrected chi connectivity index (χ4v) is 1.34. The lowest BCUT2D eigenvalue weighted by molar-refractivity contribution is 0.103. The maximum atomic E-state index is 11.9. The highest BCUT2D eigenvalue weighted by molar-refractivity contribution is 6.09. The van der Waals surface area contributed by atoms with E-state index in [4.69, 9.17) is 4.42 Å². The number of benzene rings is 1. The first-order chi connectivity index (χ1) is 6.79. The van der Waals surface area contributed by atoms with Gasteiger partial charge in [0.15, 0.2) is 5.78 Å². The predicted octanol–water partition coefficient (Wildman–Crippen LogP) is 2.82. The Labute approximate surface area is 82.2 Å². The number of hydrogen-bond donors (Lipinski definition) is 0. The van der Waals surface area contributed by atoms with Gasteiger partial charge in [-0.05, 0) is 12.5 Å². The molecular formula is C12H10O2. The zero-order valence-corrected chi connectivity index (χ0v) is 7.86. The van der Waals surface area contributed by atoms with Gasteiger partial charge in [-0.15, -0.1) is 0 Å². The molecule has 14 heavy (non-hydrogen) atoms. The van der Waals surface area contributed by atoms with E-state index in [1.54, 1.807) is 18.4 Å². The topological polar surface area (TPSA) is 30.2 Å². The summed E-state index contributed by atoms with van der Waals surface area (Å²) in [5, 5.41) is 0. The molecule has 0 amide bonds. The molecule has 1 aromatic heterocycles. The van der Waals surface area contributed by atoms with Gasteiger partial charge in [-0.25, -0.2) is 0 Å². The predicted molar refractivity (Wildman–Crippen MR) is 53.3 cm³/mol. The van der Waals surface area contributed by atoms with Gasteiger partial charge in [0.1, 0.15) is 6.26 Å². The summed E-state index contributed by atoms with van der Waals surface area (Å²) in [6.45, 7) is 1.86. The van der Waals surface area contributed by atoms with E-state index < -0.39 is 0 Å². The van der Waals surface area contributed by atoms with Gasteiger partial charge in [-0.2, -0.15) is 0 Å². The van der Waals surface area contributed by atoms with E-state index in [-0.39, 0.29) is 5.78 Å². The normalized spacial score (nSPS) is 10.1. The molecule has 0 saturated heterocycles. The molecule has 2 nitrogen and oxygen atoms in total. The molecule has 0 aliphatic heterocycles. The summed E-state index contributed by atoms with van der Waals surface area (Å²) in [6, 6.07) is 9.19. The van der Waals surface area contributed by atoms with E-state index in [1.807, 2.05) is 25.1 Å². The number of aryl methyl sites for hydroxylation is 1. The van der Waals surface area contributed by atoms with Crippen LogP contribution in [0.3, 0.4) is 0 Å². The second-order valence-corrected chi connectivity index (χ2v) is 3.16. The largest absolute Gasteiger partial charge is 0.472 e. The molecule has 0 N–H and O–H groups in total. The molecule has 0 atom stereocenters. The summed E-state index contributed by atoms with van der Waals surface area (Å²) in [5.74, 6) is 0.0110. The molecule has 2 aromatic rings. The van der Waals surface area contributed by atoms with E-state index in [0.717, 1.165) is 5.56 Å². The molecule has 0 aliphatic carbocycles. The maximum absolute atomic E-state index is 11.9. The molecule has 0 bridgehead atoms. The van der Waals surface area contributed by atoms with Crippen LogP contribution in [0.1, 0.15) is 21.5 Å². The number of carbonyl (C=O) groups is 1. The summed E-state index contributed by atoms with van der Waals surface area (Å²) in [5.41, 5.74) is 2.20. The Bertz CT molecular complexity index is 440. The van der Waals surface area contributed by atoms with Crippen molar-refractivity contribution in [3.8, 4) is 0 Å². The van der Waals surface area contributed by atoms with Crippen molar-refractivity contribution >= 4 is 5.78 Å². The van der Waals surface area contributed by atoms with Crippen LogP contribution in [0, 0.1) is 6.92 Å². The lowest BCUT2D eigenvalue weighted by Gasteiger charge is -1.97. The number of furan rings is 1. The molecule has 0 spiro atoms. The van der Waals surface area contributed by atoms with E-state index in [9.17, 15) is 4.79 Å². The van der Waals surface area contributed by atoms with Crippen molar-refractivity contribution in [1.29, 1.82) is 0 Å². The van der Waals surface area contributed by atoms with Gasteiger partial charge >= 0.3 is 0 Å². The second-order valence-electron chi connectivity index (χ2n) is 3.16. The van der Waals surface area contributed by atoms with E-state index in [1.165, 1.54) is 6.26 Å². The van der Waals surface area contributed by atoms with Gasteiger partial charge in [0.05, 0.1) is 11.8 Å². The first kappa shape index (κ1) is 8.75.